The Morgan fingerprint density at radius 3 is 2.66 bits per heavy atom. The maximum absolute atomic E-state index is 14.7. The third-order valence-electron chi connectivity index (χ3n) is 6.38. The highest BCUT2D eigenvalue weighted by Gasteiger charge is 2.27. The van der Waals surface area contributed by atoms with Gasteiger partial charge >= 0.3 is 6.16 Å². The first kappa shape index (κ1) is 25.5. The van der Waals surface area contributed by atoms with E-state index in [2.05, 4.69) is 20.3 Å². The molecule has 13 heteroatoms. The number of carbonyl (C=O) groups is 1. The van der Waals surface area contributed by atoms with Crippen molar-refractivity contribution < 1.29 is 31.8 Å². The van der Waals surface area contributed by atoms with Crippen molar-refractivity contribution in [2.45, 2.75) is 49.6 Å². The lowest BCUT2D eigenvalue weighted by molar-refractivity contribution is 0.0337. The Bertz CT molecular complexity index is 1630. The van der Waals surface area contributed by atoms with Crippen molar-refractivity contribution in [2.24, 2.45) is 0 Å². The molecule has 38 heavy (non-hydrogen) atoms. The van der Waals surface area contributed by atoms with E-state index in [0.717, 1.165) is 28.0 Å². The summed E-state index contributed by atoms with van der Waals surface area (Å²) in [6, 6.07) is 7.04. The largest absolute Gasteiger partial charge is 0.506 e. The molecule has 0 aliphatic heterocycles. The number of aryl methyl sites for hydroxylation is 1. The van der Waals surface area contributed by atoms with E-state index in [-0.39, 0.29) is 39.2 Å². The number of hydrogen-bond donors (Lipinski definition) is 2. The summed E-state index contributed by atoms with van der Waals surface area (Å²) in [6.45, 7) is 1.83. The van der Waals surface area contributed by atoms with Gasteiger partial charge in [-0.25, -0.2) is 40.9 Å². The third kappa shape index (κ3) is 5.01. The number of benzene rings is 1. The lowest BCUT2D eigenvalue weighted by Gasteiger charge is -2.29. The fourth-order valence-corrected chi connectivity index (χ4v) is 5.88. The van der Waals surface area contributed by atoms with Crippen molar-refractivity contribution >= 4 is 33.0 Å². The summed E-state index contributed by atoms with van der Waals surface area (Å²) in [5.41, 5.74) is 0.979. The number of halogens is 2. The maximum atomic E-state index is 14.7. The Hall–Kier alpha value is -4.13. The fourth-order valence-electron chi connectivity index (χ4n) is 4.56. The number of aromatic nitrogens is 4. The van der Waals surface area contributed by atoms with Crippen LogP contribution in [0, 0.1) is 18.6 Å². The molecule has 1 saturated carbocycles. The van der Waals surface area contributed by atoms with E-state index < -0.39 is 33.9 Å². The molecule has 1 aliphatic rings. The van der Waals surface area contributed by atoms with Gasteiger partial charge < -0.3 is 15.2 Å². The standard InChI is InChI=1S/C25H23F2N5O5S/c1-14-5-7-18(8-6-14)38(35,36)32-13-20(19-9-15(26)11-29-24(19)32)22-28-12-21(27)23(31-22)30-16-3-2-4-17(10-16)37-25(33)34/h5-9,11-13,16-17H,2-4,10H2,1H3,(H,33,34)(H,28,30,31)/t16-,17+/m0/s1. The highest BCUT2D eigenvalue weighted by atomic mass is 32.2. The van der Waals surface area contributed by atoms with E-state index in [1.54, 1.807) is 12.1 Å². The van der Waals surface area contributed by atoms with Gasteiger partial charge in [0.2, 0.25) is 0 Å². The predicted octanol–water partition coefficient (Wildman–Crippen LogP) is 4.73. The number of nitrogens with one attached hydrogen (secondary N) is 1. The quantitative estimate of drug-likeness (QED) is 0.331. The minimum Gasteiger partial charge on any atom is -0.450 e. The molecule has 2 atom stereocenters. The summed E-state index contributed by atoms with van der Waals surface area (Å²) in [5, 5.41) is 12.0. The summed E-state index contributed by atoms with van der Waals surface area (Å²) in [4.78, 5) is 23.2. The second-order valence-corrected chi connectivity index (χ2v) is 10.9. The second kappa shape index (κ2) is 9.97. The Balaban J connectivity index is 1.54. The number of rotatable bonds is 6. The Labute approximate surface area is 216 Å². The molecule has 0 spiro atoms. The number of anilines is 1. The molecule has 0 bridgehead atoms. The second-order valence-electron chi connectivity index (χ2n) is 9.09. The van der Waals surface area contributed by atoms with Gasteiger partial charge in [0.15, 0.2) is 23.1 Å². The van der Waals surface area contributed by atoms with Gasteiger partial charge in [0.25, 0.3) is 10.0 Å². The topological polar surface area (TPSA) is 136 Å². The maximum Gasteiger partial charge on any atom is 0.506 e. The minimum atomic E-state index is -4.11. The molecule has 3 heterocycles. The van der Waals surface area contributed by atoms with Gasteiger partial charge in [0, 0.05) is 29.6 Å². The van der Waals surface area contributed by atoms with Crippen molar-refractivity contribution in [2.75, 3.05) is 5.32 Å². The van der Waals surface area contributed by atoms with Crippen LogP contribution < -0.4 is 5.32 Å². The van der Waals surface area contributed by atoms with Crippen molar-refractivity contribution in [1.82, 2.24) is 18.9 Å². The molecule has 5 rings (SSSR count). The van der Waals surface area contributed by atoms with Crippen LogP contribution >= 0.6 is 0 Å². The van der Waals surface area contributed by atoms with Crippen LogP contribution in [-0.2, 0) is 14.8 Å². The number of nitrogens with zero attached hydrogens (tertiary/aromatic N) is 4. The van der Waals surface area contributed by atoms with Crippen LogP contribution in [0.2, 0.25) is 0 Å². The molecule has 0 saturated heterocycles. The summed E-state index contributed by atoms with van der Waals surface area (Å²) in [6.07, 6.45) is 3.38. The molecule has 0 amide bonds. The van der Waals surface area contributed by atoms with E-state index in [1.165, 1.54) is 18.3 Å². The first-order valence-corrected chi connectivity index (χ1v) is 13.2. The smallest absolute Gasteiger partial charge is 0.450 e. The molecule has 1 aromatic carbocycles. The first-order chi connectivity index (χ1) is 18.1. The molecule has 2 N–H and O–H groups in total. The lowest BCUT2D eigenvalue weighted by atomic mass is 9.93. The highest BCUT2D eigenvalue weighted by Crippen LogP contribution is 2.32. The zero-order chi connectivity index (χ0) is 27.0. The van der Waals surface area contributed by atoms with E-state index in [0.29, 0.717) is 25.7 Å². The van der Waals surface area contributed by atoms with Gasteiger partial charge in [-0.15, -0.1) is 0 Å². The molecule has 198 valence electrons. The number of fused-ring (bicyclic) bond motifs is 1. The average molecular weight is 544 g/mol. The SMILES string of the molecule is Cc1ccc(S(=O)(=O)n2cc(-c3ncc(F)c(N[C@H]4CCC[C@@H](OC(=O)O)C4)n3)c3cc(F)cnc32)cc1. The monoisotopic (exact) mass is 543 g/mol. The highest BCUT2D eigenvalue weighted by molar-refractivity contribution is 7.90. The van der Waals surface area contributed by atoms with Crippen molar-refractivity contribution in [3.63, 3.8) is 0 Å². The van der Waals surface area contributed by atoms with Gasteiger partial charge in [-0.05, 0) is 44.4 Å². The molecule has 10 nitrogen and oxygen atoms in total. The van der Waals surface area contributed by atoms with E-state index in [1.807, 2.05) is 6.92 Å². The molecule has 4 aromatic rings. The number of pyridine rings is 1. The summed E-state index contributed by atoms with van der Waals surface area (Å²) < 4.78 is 61.6. The third-order valence-corrected chi connectivity index (χ3v) is 8.04. The van der Waals surface area contributed by atoms with Crippen LogP contribution in [0.3, 0.4) is 0 Å². The summed E-state index contributed by atoms with van der Waals surface area (Å²) in [7, 11) is -4.11. The first-order valence-electron chi connectivity index (χ1n) is 11.8. The summed E-state index contributed by atoms with van der Waals surface area (Å²) >= 11 is 0. The van der Waals surface area contributed by atoms with Crippen molar-refractivity contribution in [1.29, 1.82) is 0 Å². The van der Waals surface area contributed by atoms with Gasteiger partial charge in [-0.2, -0.15) is 0 Å². The zero-order valence-corrected chi connectivity index (χ0v) is 21.0. The lowest BCUT2D eigenvalue weighted by Crippen LogP contribution is -2.33. The van der Waals surface area contributed by atoms with Crippen LogP contribution in [0.25, 0.3) is 22.4 Å². The van der Waals surface area contributed by atoms with E-state index >= 15 is 0 Å². The van der Waals surface area contributed by atoms with Crippen LogP contribution in [-0.4, -0.2) is 50.7 Å². The van der Waals surface area contributed by atoms with Crippen LogP contribution in [0.5, 0.6) is 0 Å². The number of carboxylic acid groups (broad SMARTS) is 1. The van der Waals surface area contributed by atoms with Crippen LogP contribution in [0.1, 0.15) is 31.2 Å². The van der Waals surface area contributed by atoms with E-state index in [9.17, 15) is 22.0 Å². The Kier molecular flexibility index (Phi) is 6.69. The van der Waals surface area contributed by atoms with E-state index in [4.69, 9.17) is 9.84 Å². The van der Waals surface area contributed by atoms with Gasteiger partial charge in [-0.1, -0.05) is 17.7 Å². The predicted molar refractivity (Wildman–Crippen MR) is 133 cm³/mol. The molecule has 0 radical (unpaired) electrons. The fraction of sp³-hybridized carbons (Fsp3) is 0.280. The molecular formula is C25H23F2N5O5S. The molecular weight excluding hydrogens is 520 g/mol. The zero-order valence-electron chi connectivity index (χ0n) is 20.1. The van der Waals surface area contributed by atoms with Crippen LogP contribution in [0.15, 0.2) is 53.8 Å². The summed E-state index contributed by atoms with van der Waals surface area (Å²) in [5.74, 6) is -1.65. The minimum absolute atomic E-state index is 0.00971. The van der Waals surface area contributed by atoms with Crippen LogP contribution in [0.4, 0.5) is 19.4 Å². The normalized spacial score (nSPS) is 17.9. The molecule has 3 aromatic heterocycles. The average Bonchev–Trinajstić information content (AvgIpc) is 3.25. The molecule has 0 unspecified atom stereocenters. The van der Waals surface area contributed by atoms with Crippen molar-refractivity contribution in [3.05, 3.63) is 66.1 Å². The Morgan fingerprint density at radius 2 is 1.92 bits per heavy atom. The molecule has 1 fully saturated rings. The number of hydrogen-bond acceptors (Lipinski definition) is 8. The van der Waals surface area contributed by atoms with Gasteiger partial charge in [0.05, 0.1) is 17.3 Å². The van der Waals surface area contributed by atoms with Gasteiger partial charge in [-0.3, -0.25) is 0 Å². The Morgan fingerprint density at radius 1 is 1.16 bits per heavy atom. The van der Waals surface area contributed by atoms with Crippen molar-refractivity contribution in [3.8, 4) is 11.4 Å². The van der Waals surface area contributed by atoms with Gasteiger partial charge in [0.1, 0.15) is 11.9 Å². The molecule has 1 aliphatic carbocycles. The number of ether oxygens (including phenoxy) is 1.